The Hall–Kier alpha value is -3.70. The lowest BCUT2D eigenvalue weighted by Gasteiger charge is -2.38. The molecule has 0 aromatic carbocycles. The first-order valence-electron chi connectivity index (χ1n) is 24.8. The smallest absolute Gasteiger partial charge is 0.329 e. The topological polar surface area (TPSA) is 212 Å². The molecular formula is C53H83NO14. The minimum atomic E-state index is -1.33. The molecule has 15 nitrogen and oxygen atoms in total. The number of cyclic esters (lactones) is 1. The van der Waals surface area contributed by atoms with E-state index in [1.165, 1.54) is 7.11 Å². The van der Waals surface area contributed by atoms with Crippen LogP contribution < -0.4 is 0 Å². The molecule has 3 aliphatic rings. The van der Waals surface area contributed by atoms with Crippen molar-refractivity contribution in [2.45, 2.75) is 174 Å². The molecule has 14 atom stereocenters. The fourth-order valence-electron chi connectivity index (χ4n) is 9.87. The predicted octanol–water partition coefficient (Wildman–Crippen LogP) is 6.04. The van der Waals surface area contributed by atoms with Gasteiger partial charge >= 0.3 is 5.97 Å². The fraction of sp³-hybridized carbons (Fsp3) is 0.736. The van der Waals surface area contributed by atoms with Crippen molar-refractivity contribution >= 4 is 35.0 Å². The number of ketones is 4. The van der Waals surface area contributed by atoms with Crippen molar-refractivity contribution in [1.29, 1.82) is 0 Å². The van der Waals surface area contributed by atoms with Crippen LogP contribution in [0.2, 0.25) is 0 Å². The Morgan fingerprint density at radius 1 is 0.794 bits per heavy atom. The summed E-state index contributed by atoms with van der Waals surface area (Å²) < 4.78 is 29.1. The summed E-state index contributed by atoms with van der Waals surface area (Å²) in [5.74, 6) is -6.85. The third-order valence-corrected chi connectivity index (χ3v) is 14.2. The van der Waals surface area contributed by atoms with Crippen LogP contribution in [0.3, 0.4) is 0 Å². The van der Waals surface area contributed by atoms with Crippen LogP contribution in [0.4, 0.5) is 0 Å². The van der Waals surface area contributed by atoms with Crippen LogP contribution in [-0.2, 0) is 52.5 Å². The molecular weight excluding hydrogens is 875 g/mol. The second kappa shape index (κ2) is 29.5. The van der Waals surface area contributed by atoms with Gasteiger partial charge in [-0.2, -0.15) is 0 Å². The van der Waals surface area contributed by atoms with Gasteiger partial charge in [0.15, 0.2) is 5.78 Å². The molecule has 0 bridgehead atoms. The Morgan fingerprint density at radius 2 is 1.51 bits per heavy atom. The van der Waals surface area contributed by atoms with Crippen LogP contribution >= 0.6 is 0 Å². The lowest BCUT2D eigenvalue weighted by molar-refractivity contribution is -0.166. The Morgan fingerprint density at radius 3 is 2.18 bits per heavy atom. The van der Waals surface area contributed by atoms with Crippen molar-refractivity contribution in [3.05, 3.63) is 47.6 Å². The summed E-state index contributed by atoms with van der Waals surface area (Å²) in [5, 5.41) is 31.7. The zero-order valence-corrected chi connectivity index (χ0v) is 42.4. The van der Waals surface area contributed by atoms with Crippen molar-refractivity contribution in [2.24, 2.45) is 35.5 Å². The Labute approximate surface area is 405 Å². The first-order chi connectivity index (χ1) is 32.3. The van der Waals surface area contributed by atoms with Crippen molar-refractivity contribution in [3.8, 4) is 0 Å². The van der Waals surface area contributed by atoms with E-state index in [1.807, 2.05) is 51.2 Å². The maximum atomic E-state index is 14.3. The SMILES string of the molecule is CO[C@H]1C[C@@H](O)CC[C@@H](C)C(=O)C(=O)C(=O)N2CCCC[C@H]2C(=O)O[C@H]([C@H](C)C[C@@H]2CC[C@@H](OCCO)[C@H](OC)C2)CC(=O)[C@H](C)/C=C(\C)[C@@H](O)[C@@H](OC)C(=O)[C@H](C)C[C@H](C)/C=C/C=C/C=C/1C. The first-order valence-corrected chi connectivity index (χ1v) is 24.8. The summed E-state index contributed by atoms with van der Waals surface area (Å²) in [6.45, 7) is 12.6. The molecule has 384 valence electrons. The zero-order valence-electron chi connectivity index (χ0n) is 42.4. The molecule has 0 radical (unpaired) electrons. The summed E-state index contributed by atoms with van der Waals surface area (Å²) in [5.41, 5.74) is 1.23. The second-order valence-electron chi connectivity index (χ2n) is 19.7. The number of amides is 1. The average molecular weight is 958 g/mol. The van der Waals surface area contributed by atoms with E-state index in [9.17, 15) is 44.1 Å². The predicted molar refractivity (Wildman–Crippen MR) is 257 cm³/mol. The lowest BCUT2D eigenvalue weighted by Crippen LogP contribution is -2.53. The molecule has 2 heterocycles. The van der Waals surface area contributed by atoms with E-state index < -0.39 is 77.8 Å². The van der Waals surface area contributed by atoms with E-state index in [4.69, 9.17) is 23.7 Å². The molecule has 2 fully saturated rings. The van der Waals surface area contributed by atoms with Gasteiger partial charge in [-0.3, -0.25) is 24.0 Å². The van der Waals surface area contributed by atoms with Gasteiger partial charge in [0.1, 0.15) is 30.1 Å². The lowest BCUT2D eigenvalue weighted by atomic mass is 9.78. The molecule has 1 aliphatic carbocycles. The van der Waals surface area contributed by atoms with E-state index in [0.29, 0.717) is 44.1 Å². The fourth-order valence-corrected chi connectivity index (χ4v) is 9.87. The van der Waals surface area contributed by atoms with Crippen LogP contribution in [0.15, 0.2) is 47.6 Å². The Balaban J connectivity index is 1.98. The minimum Gasteiger partial charge on any atom is -0.460 e. The van der Waals surface area contributed by atoms with Gasteiger partial charge in [0, 0.05) is 58.5 Å². The second-order valence-corrected chi connectivity index (χ2v) is 19.7. The zero-order chi connectivity index (χ0) is 50.7. The van der Waals surface area contributed by atoms with Crippen LogP contribution in [0.25, 0.3) is 0 Å². The van der Waals surface area contributed by atoms with Gasteiger partial charge in [-0.1, -0.05) is 71.1 Å². The van der Waals surface area contributed by atoms with E-state index in [1.54, 1.807) is 48.0 Å². The van der Waals surface area contributed by atoms with Gasteiger partial charge in [-0.05, 0) is 107 Å². The standard InChI is InChI=1S/C53H83NO14/c1-32-16-12-11-13-17-33(2)44(64-8)30-40(56)21-19-34(3)47(58)50(61)52(62)54-23-15-14-18-41(54)53(63)68-45(36(5)28-39-20-22-43(67-25-24-55)46(29-39)65-9)31-42(57)35(4)27-38(7)49(60)51(66-10)48(59)37(6)26-32/h11-13,16-17,27,32,34-37,39-41,43-46,49,51,55-56,60H,14-15,18-26,28-31H2,1-10H3/b13-11+,16-12+,33-17+,38-27+/t32-,34-,35-,36-,37-,39+,40+,41+,43-,44+,45+,46-,49-,51+/m1/s1. The molecule has 3 rings (SSSR count). The molecule has 68 heavy (non-hydrogen) atoms. The summed E-state index contributed by atoms with van der Waals surface area (Å²) in [6.07, 6.45) is 10.7. The van der Waals surface area contributed by atoms with Crippen LogP contribution in [-0.4, -0.2) is 145 Å². The molecule has 0 aromatic rings. The molecule has 2 aliphatic heterocycles. The summed E-state index contributed by atoms with van der Waals surface area (Å²) in [4.78, 5) is 84.1. The largest absolute Gasteiger partial charge is 0.460 e. The number of hydrogen-bond acceptors (Lipinski definition) is 14. The average Bonchev–Trinajstić information content (AvgIpc) is 3.32. The number of carbonyl (C=O) groups excluding carboxylic acids is 6. The summed E-state index contributed by atoms with van der Waals surface area (Å²) >= 11 is 0. The summed E-state index contributed by atoms with van der Waals surface area (Å²) in [6, 6.07) is -1.16. The van der Waals surface area contributed by atoms with Crippen molar-refractivity contribution < 1.29 is 67.8 Å². The third kappa shape index (κ3) is 17.6. The van der Waals surface area contributed by atoms with Gasteiger partial charge in [-0.25, -0.2) is 4.79 Å². The normalized spacial score (nSPS) is 36.5. The number of rotatable bonds is 9. The number of carbonyl (C=O) groups is 6. The number of aliphatic hydroxyl groups is 3. The molecule has 0 unspecified atom stereocenters. The maximum absolute atomic E-state index is 14.3. The van der Waals surface area contributed by atoms with Crippen LogP contribution in [0, 0.1) is 35.5 Å². The third-order valence-electron chi connectivity index (χ3n) is 14.2. The molecule has 0 spiro atoms. The number of aliphatic hydroxyl groups excluding tert-OH is 3. The maximum Gasteiger partial charge on any atom is 0.329 e. The first kappa shape index (κ1) is 58.6. The highest BCUT2D eigenvalue weighted by atomic mass is 16.5. The quantitative estimate of drug-likeness (QED) is 0.137. The van der Waals surface area contributed by atoms with Crippen molar-refractivity contribution in [3.63, 3.8) is 0 Å². The van der Waals surface area contributed by atoms with E-state index in [2.05, 4.69) is 0 Å². The minimum absolute atomic E-state index is 0.00903. The van der Waals surface area contributed by atoms with Gasteiger partial charge in [0.2, 0.25) is 5.78 Å². The number of Topliss-reactive ketones (excluding diaryl/α,β-unsaturated/α-hetero) is 4. The molecule has 1 amide bonds. The van der Waals surface area contributed by atoms with E-state index >= 15 is 0 Å². The van der Waals surface area contributed by atoms with Gasteiger partial charge < -0.3 is 43.9 Å². The molecule has 15 heteroatoms. The highest BCUT2D eigenvalue weighted by Gasteiger charge is 2.42. The molecule has 1 saturated carbocycles. The van der Waals surface area contributed by atoms with Crippen molar-refractivity contribution in [1.82, 2.24) is 4.90 Å². The number of fused-ring (bicyclic) bond motifs is 1. The number of piperidine rings is 1. The van der Waals surface area contributed by atoms with E-state index in [0.717, 1.165) is 16.9 Å². The van der Waals surface area contributed by atoms with E-state index in [-0.39, 0.29) is 93.4 Å². The Bertz CT molecular complexity index is 1790. The number of ether oxygens (including phenoxy) is 5. The molecule has 3 N–H and O–H groups in total. The highest BCUT2D eigenvalue weighted by molar-refractivity contribution is 6.63. The molecule has 1 saturated heterocycles. The number of methoxy groups -OCH3 is 3. The van der Waals surface area contributed by atoms with Gasteiger partial charge in [0.25, 0.3) is 11.7 Å². The van der Waals surface area contributed by atoms with Gasteiger partial charge in [-0.15, -0.1) is 0 Å². The summed E-state index contributed by atoms with van der Waals surface area (Å²) in [7, 11) is 4.53. The monoisotopic (exact) mass is 958 g/mol. The van der Waals surface area contributed by atoms with Crippen molar-refractivity contribution in [2.75, 3.05) is 41.1 Å². The Kier molecular flexibility index (Phi) is 25.4. The molecule has 0 aromatic heterocycles. The number of hydrogen-bond donors (Lipinski definition) is 3. The van der Waals surface area contributed by atoms with Crippen LogP contribution in [0.1, 0.15) is 126 Å². The number of nitrogens with zero attached hydrogens (tertiary/aromatic N) is 1. The van der Waals surface area contributed by atoms with Crippen LogP contribution in [0.5, 0.6) is 0 Å². The highest BCUT2D eigenvalue weighted by Crippen LogP contribution is 2.35. The number of allylic oxidation sites excluding steroid dienone is 6. The number of esters is 1. The van der Waals surface area contributed by atoms with Gasteiger partial charge in [0.05, 0.1) is 37.6 Å².